The topological polar surface area (TPSA) is 134 Å². The highest BCUT2D eigenvalue weighted by molar-refractivity contribution is 5.87. The summed E-state index contributed by atoms with van der Waals surface area (Å²) < 4.78 is 14.7. The number of hydrogen-bond acceptors (Lipinski definition) is 5. The molecule has 0 aliphatic heterocycles. The first-order chi connectivity index (χ1) is 10.5. The highest BCUT2D eigenvalue weighted by Gasteiger charge is 2.12. The molecule has 0 atom stereocenters. The van der Waals surface area contributed by atoms with Crippen LogP contribution in [0, 0.1) is 5.82 Å². The van der Waals surface area contributed by atoms with Crippen molar-refractivity contribution in [2.75, 3.05) is 5.73 Å². The first-order valence-electron chi connectivity index (χ1n) is 6.35. The summed E-state index contributed by atoms with van der Waals surface area (Å²) in [5.74, 6) is -0.193. The maximum absolute atomic E-state index is 13.0. The lowest BCUT2D eigenvalue weighted by Gasteiger charge is -2.05. The van der Waals surface area contributed by atoms with E-state index in [-0.39, 0.29) is 23.5 Å². The van der Waals surface area contributed by atoms with Crippen molar-refractivity contribution < 1.29 is 4.39 Å². The van der Waals surface area contributed by atoms with E-state index in [0.29, 0.717) is 17.7 Å². The lowest BCUT2D eigenvalue weighted by molar-refractivity contribution is 0.626. The molecule has 112 valence electrons. The Morgan fingerprint density at radius 2 is 1.91 bits per heavy atom. The Kier molecular flexibility index (Phi) is 3.30. The third kappa shape index (κ3) is 2.64. The summed E-state index contributed by atoms with van der Waals surface area (Å²) in [7, 11) is 0. The van der Waals surface area contributed by atoms with Gasteiger partial charge in [0.25, 0.3) is 0 Å². The van der Waals surface area contributed by atoms with Crippen LogP contribution in [0.25, 0.3) is 11.2 Å². The number of aliphatic imine (C=N–C) groups is 1. The highest BCUT2D eigenvalue weighted by atomic mass is 19.1. The van der Waals surface area contributed by atoms with Crippen molar-refractivity contribution in [1.82, 2.24) is 19.5 Å². The molecule has 0 unspecified atom stereocenters. The first kappa shape index (κ1) is 13.7. The van der Waals surface area contributed by atoms with E-state index in [1.165, 1.54) is 12.1 Å². The van der Waals surface area contributed by atoms with Crippen LogP contribution in [0.15, 0.2) is 35.6 Å². The number of nitrogen functional groups attached to an aromatic ring is 1. The lowest BCUT2D eigenvalue weighted by atomic mass is 10.2. The molecule has 6 N–H and O–H groups in total. The zero-order chi connectivity index (χ0) is 15.7. The molecule has 2 aromatic heterocycles. The maximum Gasteiger partial charge on any atom is 0.224 e. The van der Waals surface area contributed by atoms with Gasteiger partial charge in [-0.15, -0.1) is 0 Å². The number of hydrogen-bond donors (Lipinski definition) is 3. The van der Waals surface area contributed by atoms with Gasteiger partial charge in [0.05, 0.1) is 12.9 Å². The van der Waals surface area contributed by atoms with Gasteiger partial charge >= 0.3 is 0 Å². The van der Waals surface area contributed by atoms with Gasteiger partial charge in [0.15, 0.2) is 22.9 Å². The SMILES string of the molecule is NC(N)=Nc1nc(N)nc2c1ncn2Cc1ccc(F)cc1. The molecule has 0 saturated heterocycles. The molecule has 3 aromatic rings. The molecular formula is C13H13FN8. The van der Waals surface area contributed by atoms with Gasteiger partial charge < -0.3 is 21.8 Å². The predicted octanol–water partition coefficient (Wildman–Crippen LogP) is 0.501. The number of anilines is 1. The largest absolute Gasteiger partial charge is 0.370 e. The van der Waals surface area contributed by atoms with Crippen LogP contribution in [-0.4, -0.2) is 25.5 Å². The van der Waals surface area contributed by atoms with Crippen molar-refractivity contribution in [2.45, 2.75) is 6.54 Å². The summed E-state index contributed by atoms with van der Waals surface area (Å²) in [6.07, 6.45) is 1.58. The van der Waals surface area contributed by atoms with Crippen LogP contribution in [0.2, 0.25) is 0 Å². The average Bonchev–Trinajstić information content (AvgIpc) is 2.84. The Morgan fingerprint density at radius 3 is 2.59 bits per heavy atom. The molecule has 0 spiro atoms. The fraction of sp³-hybridized carbons (Fsp3) is 0.0769. The zero-order valence-corrected chi connectivity index (χ0v) is 11.4. The Bertz CT molecular complexity index is 848. The molecule has 3 rings (SSSR count). The van der Waals surface area contributed by atoms with Crippen molar-refractivity contribution in [3.63, 3.8) is 0 Å². The van der Waals surface area contributed by atoms with Crippen LogP contribution < -0.4 is 17.2 Å². The summed E-state index contributed by atoms with van der Waals surface area (Å²) in [6, 6.07) is 6.15. The van der Waals surface area contributed by atoms with Crippen LogP contribution in [0.3, 0.4) is 0 Å². The van der Waals surface area contributed by atoms with E-state index in [0.717, 1.165) is 5.56 Å². The molecule has 9 heteroatoms. The number of rotatable bonds is 3. The van der Waals surface area contributed by atoms with E-state index in [2.05, 4.69) is 19.9 Å². The molecule has 2 heterocycles. The predicted molar refractivity (Wildman–Crippen MR) is 80.7 cm³/mol. The minimum absolute atomic E-state index is 0.0355. The minimum Gasteiger partial charge on any atom is -0.370 e. The number of benzene rings is 1. The van der Waals surface area contributed by atoms with Gasteiger partial charge in [-0.1, -0.05) is 12.1 Å². The van der Waals surface area contributed by atoms with E-state index >= 15 is 0 Å². The van der Waals surface area contributed by atoms with Crippen molar-refractivity contribution in [3.05, 3.63) is 42.0 Å². The molecule has 1 aromatic carbocycles. The van der Waals surface area contributed by atoms with Crippen LogP contribution in [0.1, 0.15) is 5.56 Å². The Labute approximate surface area is 124 Å². The molecule has 22 heavy (non-hydrogen) atoms. The van der Waals surface area contributed by atoms with Crippen LogP contribution >= 0.6 is 0 Å². The Hall–Kier alpha value is -3.23. The molecule has 0 aliphatic carbocycles. The number of guanidine groups is 1. The number of halogens is 1. The standard InChI is InChI=1S/C13H13FN8/c14-8-3-1-7(2-4-8)5-22-6-18-9-10(19-12(15)16)20-13(17)21-11(9)22/h1-4,6H,5H2,(H6,15,16,17,19,20,21). The van der Waals surface area contributed by atoms with Crippen LogP contribution in [0.4, 0.5) is 16.2 Å². The zero-order valence-electron chi connectivity index (χ0n) is 11.4. The van der Waals surface area contributed by atoms with E-state index in [4.69, 9.17) is 17.2 Å². The van der Waals surface area contributed by atoms with E-state index < -0.39 is 0 Å². The minimum atomic E-state index is -0.291. The van der Waals surface area contributed by atoms with Crippen molar-refractivity contribution in [2.24, 2.45) is 16.5 Å². The quantitative estimate of drug-likeness (QED) is 0.476. The Morgan fingerprint density at radius 1 is 1.18 bits per heavy atom. The maximum atomic E-state index is 13.0. The van der Waals surface area contributed by atoms with Gasteiger partial charge in [-0.3, -0.25) is 0 Å². The van der Waals surface area contributed by atoms with Gasteiger partial charge in [0, 0.05) is 0 Å². The van der Waals surface area contributed by atoms with E-state index in [1.807, 2.05) is 0 Å². The molecule has 8 nitrogen and oxygen atoms in total. The number of nitrogens with zero attached hydrogens (tertiary/aromatic N) is 5. The summed E-state index contributed by atoms with van der Waals surface area (Å²) in [5, 5.41) is 0. The van der Waals surface area contributed by atoms with Crippen LogP contribution in [-0.2, 0) is 6.54 Å². The smallest absolute Gasteiger partial charge is 0.224 e. The third-order valence-corrected chi connectivity index (χ3v) is 2.96. The monoisotopic (exact) mass is 300 g/mol. The summed E-state index contributed by atoms with van der Waals surface area (Å²) in [5.41, 5.74) is 18.2. The molecule has 0 aliphatic rings. The molecular weight excluding hydrogens is 287 g/mol. The fourth-order valence-corrected chi connectivity index (χ4v) is 2.05. The normalized spacial score (nSPS) is 10.8. The van der Waals surface area contributed by atoms with Crippen molar-refractivity contribution in [3.8, 4) is 0 Å². The van der Waals surface area contributed by atoms with Gasteiger partial charge in [-0.2, -0.15) is 15.0 Å². The summed E-state index contributed by atoms with van der Waals surface area (Å²) in [6.45, 7) is 0.453. The number of aromatic nitrogens is 4. The third-order valence-electron chi connectivity index (χ3n) is 2.96. The second-order valence-electron chi connectivity index (χ2n) is 4.61. The first-order valence-corrected chi connectivity index (χ1v) is 6.35. The number of nitrogens with two attached hydrogens (primary N) is 3. The number of fused-ring (bicyclic) bond motifs is 1. The second-order valence-corrected chi connectivity index (χ2v) is 4.61. The summed E-state index contributed by atoms with van der Waals surface area (Å²) in [4.78, 5) is 16.2. The van der Waals surface area contributed by atoms with Gasteiger partial charge in [0.1, 0.15) is 5.82 Å². The fourth-order valence-electron chi connectivity index (χ4n) is 2.05. The Balaban J connectivity index is 2.06. The van der Waals surface area contributed by atoms with E-state index in [9.17, 15) is 4.39 Å². The van der Waals surface area contributed by atoms with Crippen molar-refractivity contribution >= 4 is 28.9 Å². The average molecular weight is 300 g/mol. The highest BCUT2D eigenvalue weighted by Crippen LogP contribution is 2.22. The summed E-state index contributed by atoms with van der Waals surface area (Å²) >= 11 is 0. The van der Waals surface area contributed by atoms with E-state index in [1.54, 1.807) is 23.0 Å². The lowest BCUT2D eigenvalue weighted by Crippen LogP contribution is -2.22. The van der Waals surface area contributed by atoms with Gasteiger partial charge in [-0.05, 0) is 17.7 Å². The van der Waals surface area contributed by atoms with Crippen LogP contribution in [0.5, 0.6) is 0 Å². The second kappa shape index (κ2) is 5.28. The van der Waals surface area contributed by atoms with Gasteiger partial charge in [0.2, 0.25) is 5.95 Å². The molecule has 0 amide bonds. The molecule has 0 bridgehead atoms. The number of imidazole rings is 1. The molecule has 0 saturated carbocycles. The van der Waals surface area contributed by atoms with Gasteiger partial charge in [-0.25, -0.2) is 9.37 Å². The molecule has 0 radical (unpaired) electrons. The van der Waals surface area contributed by atoms with Crippen molar-refractivity contribution in [1.29, 1.82) is 0 Å². The molecule has 0 fully saturated rings.